The van der Waals surface area contributed by atoms with Crippen molar-refractivity contribution in [2.24, 2.45) is 0 Å². The third-order valence-electron chi connectivity index (χ3n) is 3.99. The van der Waals surface area contributed by atoms with E-state index in [0.29, 0.717) is 23.4 Å². The van der Waals surface area contributed by atoms with Gasteiger partial charge in [0.05, 0.1) is 6.04 Å². The summed E-state index contributed by atoms with van der Waals surface area (Å²) in [7, 11) is 0. The summed E-state index contributed by atoms with van der Waals surface area (Å²) in [5.74, 6) is 1.43. The monoisotopic (exact) mass is 297 g/mol. The highest BCUT2D eigenvalue weighted by Gasteiger charge is 2.33. The van der Waals surface area contributed by atoms with Gasteiger partial charge in [0.25, 0.3) is 5.91 Å². The molecule has 112 valence electrons. The number of carbonyl (C=O) groups is 1. The lowest BCUT2D eigenvalue weighted by molar-refractivity contribution is 0.0730. The number of rotatable bonds is 2. The predicted octanol–water partition coefficient (Wildman–Crippen LogP) is 1.36. The minimum Gasteiger partial charge on any atom is -0.328 e. The highest BCUT2D eigenvalue weighted by atomic mass is 16.2. The number of benzene rings is 1. The second kappa shape index (κ2) is 4.90. The molecule has 0 spiro atoms. The van der Waals surface area contributed by atoms with Crippen LogP contribution >= 0.6 is 0 Å². The van der Waals surface area contributed by atoms with E-state index in [9.17, 15) is 4.79 Å². The third kappa shape index (κ3) is 2.03. The van der Waals surface area contributed by atoms with E-state index in [0.717, 1.165) is 24.2 Å². The summed E-state index contributed by atoms with van der Waals surface area (Å²) >= 11 is 0. The molecule has 1 aromatic carbocycles. The zero-order valence-electron chi connectivity index (χ0n) is 12.1. The Bertz CT molecular complexity index is 836. The number of fused-ring (bicyclic) bond motifs is 1. The Morgan fingerprint density at radius 2 is 2.14 bits per heavy atom. The Morgan fingerprint density at radius 3 is 2.95 bits per heavy atom. The molecule has 8 nitrogen and oxygen atoms in total. The van der Waals surface area contributed by atoms with Crippen molar-refractivity contribution in [3.8, 4) is 0 Å². The van der Waals surface area contributed by atoms with Gasteiger partial charge in [0.1, 0.15) is 16.9 Å². The first-order chi connectivity index (χ1) is 10.7. The molecule has 1 atom stereocenters. The SMILES string of the molecule is Cc1nc(C2CCCN2C(=O)c2ccc3n[nH]nc3c2)n[nH]1. The number of amides is 1. The van der Waals surface area contributed by atoms with Crippen LogP contribution in [0, 0.1) is 6.92 Å². The van der Waals surface area contributed by atoms with Gasteiger partial charge in [0.2, 0.25) is 0 Å². The van der Waals surface area contributed by atoms with Gasteiger partial charge in [-0.1, -0.05) is 0 Å². The van der Waals surface area contributed by atoms with E-state index in [-0.39, 0.29) is 11.9 Å². The van der Waals surface area contributed by atoms with Crippen LogP contribution in [0.25, 0.3) is 11.0 Å². The number of nitrogens with zero attached hydrogens (tertiary/aromatic N) is 5. The standard InChI is InChI=1S/C14H15N7O/c1-8-15-13(19-16-8)12-3-2-6-21(12)14(22)9-4-5-10-11(7-9)18-20-17-10/h4-5,7,12H,2-3,6H2,1H3,(H,15,16,19)(H,17,18,20). The van der Waals surface area contributed by atoms with E-state index in [4.69, 9.17) is 0 Å². The molecule has 1 fully saturated rings. The van der Waals surface area contributed by atoms with E-state index >= 15 is 0 Å². The number of aromatic amines is 2. The Balaban J connectivity index is 1.65. The summed E-state index contributed by atoms with van der Waals surface area (Å²) in [6.45, 7) is 2.57. The predicted molar refractivity (Wildman–Crippen MR) is 78.0 cm³/mol. The first-order valence-electron chi connectivity index (χ1n) is 7.23. The number of aromatic nitrogens is 6. The lowest BCUT2D eigenvalue weighted by Crippen LogP contribution is -2.31. The van der Waals surface area contributed by atoms with Crippen LogP contribution in [0.3, 0.4) is 0 Å². The summed E-state index contributed by atoms with van der Waals surface area (Å²) in [6.07, 6.45) is 1.84. The van der Waals surface area contributed by atoms with Crippen LogP contribution in [0.15, 0.2) is 18.2 Å². The largest absolute Gasteiger partial charge is 0.328 e. The zero-order chi connectivity index (χ0) is 15.1. The molecule has 2 N–H and O–H groups in total. The van der Waals surface area contributed by atoms with Crippen LogP contribution in [0.1, 0.15) is 40.9 Å². The number of aryl methyl sites for hydroxylation is 1. The smallest absolute Gasteiger partial charge is 0.254 e. The number of nitrogens with one attached hydrogen (secondary N) is 2. The fraction of sp³-hybridized carbons (Fsp3) is 0.357. The molecule has 4 rings (SSSR count). The number of carbonyl (C=O) groups excluding carboxylic acids is 1. The molecule has 22 heavy (non-hydrogen) atoms. The maximum atomic E-state index is 12.8. The van der Waals surface area contributed by atoms with E-state index in [2.05, 4.69) is 30.6 Å². The van der Waals surface area contributed by atoms with E-state index in [1.807, 2.05) is 11.8 Å². The van der Waals surface area contributed by atoms with Crippen molar-refractivity contribution in [1.82, 2.24) is 35.5 Å². The lowest BCUT2D eigenvalue weighted by Gasteiger charge is -2.22. The highest BCUT2D eigenvalue weighted by Crippen LogP contribution is 2.31. The average molecular weight is 297 g/mol. The van der Waals surface area contributed by atoms with Crippen LogP contribution < -0.4 is 0 Å². The topological polar surface area (TPSA) is 103 Å². The van der Waals surface area contributed by atoms with Gasteiger partial charge < -0.3 is 4.90 Å². The molecule has 1 saturated heterocycles. The van der Waals surface area contributed by atoms with Crippen LogP contribution in [-0.2, 0) is 0 Å². The first-order valence-corrected chi connectivity index (χ1v) is 7.23. The maximum absolute atomic E-state index is 12.8. The number of hydrogen-bond acceptors (Lipinski definition) is 5. The summed E-state index contributed by atoms with van der Waals surface area (Å²) in [6, 6.07) is 5.28. The fourth-order valence-electron chi connectivity index (χ4n) is 2.93. The first kappa shape index (κ1) is 12.9. The lowest BCUT2D eigenvalue weighted by atomic mass is 10.1. The van der Waals surface area contributed by atoms with Gasteiger partial charge in [-0.3, -0.25) is 9.89 Å². The van der Waals surface area contributed by atoms with Gasteiger partial charge in [-0.05, 0) is 38.0 Å². The second-order valence-corrected chi connectivity index (χ2v) is 5.46. The molecular formula is C14H15N7O. The highest BCUT2D eigenvalue weighted by molar-refractivity contribution is 5.97. The molecule has 1 aliphatic heterocycles. The van der Waals surface area contributed by atoms with Crippen molar-refractivity contribution in [3.05, 3.63) is 35.4 Å². The molecule has 3 heterocycles. The molecule has 0 aliphatic carbocycles. The maximum Gasteiger partial charge on any atom is 0.254 e. The van der Waals surface area contributed by atoms with Crippen molar-refractivity contribution in [1.29, 1.82) is 0 Å². The molecule has 0 radical (unpaired) electrons. The summed E-state index contributed by atoms with van der Waals surface area (Å²) in [5, 5.41) is 17.6. The van der Waals surface area contributed by atoms with E-state index in [1.54, 1.807) is 18.2 Å². The second-order valence-electron chi connectivity index (χ2n) is 5.46. The van der Waals surface area contributed by atoms with Crippen molar-refractivity contribution in [3.63, 3.8) is 0 Å². The normalized spacial score (nSPS) is 18.2. The Morgan fingerprint density at radius 1 is 1.27 bits per heavy atom. The molecule has 3 aromatic rings. The van der Waals surface area contributed by atoms with Gasteiger partial charge in [-0.25, -0.2) is 4.98 Å². The molecule has 1 unspecified atom stereocenters. The Labute approximate surface area is 125 Å². The zero-order valence-corrected chi connectivity index (χ0v) is 12.1. The van der Waals surface area contributed by atoms with Gasteiger partial charge in [-0.2, -0.15) is 20.5 Å². The van der Waals surface area contributed by atoms with Gasteiger partial charge in [0.15, 0.2) is 5.82 Å². The Hall–Kier alpha value is -2.77. The molecule has 2 aromatic heterocycles. The van der Waals surface area contributed by atoms with Crippen LogP contribution in [0.2, 0.25) is 0 Å². The third-order valence-corrected chi connectivity index (χ3v) is 3.99. The molecule has 1 amide bonds. The van der Waals surface area contributed by atoms with Crippen molar-refractivity contribution < 1.29 is 4.79 Å². The molecule has 1 aliphatic rings. The fourth-order valence-corrected chi connectivity index (χ4v) is 2.93. The molecule has 0 bridgehead atoms. The van der Waals surface area contributed by atoms with Gasteiger partial charge in [-0.15, -0.1) is 0 Å². The van der Waals surface area contributed by atoms with Crippen molar-refractivity contribution in [2.75, 3.05) is 6.54 Å². The minimum absolute atomic E-state index is 0.0187. The Kier molecular flexibility index (Phi) is 2.88. The van der Waals surface area contributed by atoms with E-state index in [1.165, 1.54) is 0 Å². The molecule has 0 saturated carbocycles. The average Bonchev–Trinajstić information content (AvgIpc) is 3.25. The number of likely N-dealkylation sites (tertiary alicyclic amines) is 1. The van der Waals surface area contributed by atoms with E-state index < -0.39 is 0 Å². The summed E-state index contributed by atoms with van der Waals surface area (Å²) < 4.78 is 0. The minimum atomic E-state index is -0.0644. The summed E-state index contributed by atoms with van der Waals surface area (Å²) in [4.78, 5) is 19.0. The van der Waals surface area contributed by atoms with Gasteiger partial charge in [0, 0.05) is 12.1 Å². The van der Waals surface area contributed by atoms with Crippen LogP contribution in [0.4, 0.5) is 0 Å². The molecule has 8 heteroatoms. The van der Waals surface area contributed by atoms with Crippen LogP contribution in [0.5, 0.6) is 0 Å². The quantitative estimate of drug-likeness (QED) is 0.743. The summed E-state index contributed by atoms with van der Waals surface area (Å²) in [5.41, 5.74) is 2.05. The number of H-pyrrole nitrogens is 2. The number of hydrogen-bond donors (Lipinski definition) is 2. The van der Waals surface area contributed by atoms with Crippen molar-refractivity contribution >= 4 is 16.9 Å². The van der Waals surface area contributed by atoms with Gasteiger partial charge >= 0.3 is 0 Å². The molecular weight excluding hydrogens is 282 g/mol. The van der Waals surface area contributed by atoms with Crippen molar-refractivity contribution in [2.45, 2.75) is 25.8 Å². The van der Waals surface area contributed by atoms with Crippen LogP contribution in [-0.4, -0.2) is 47.9 Å².